The van der Waals surface area contributed by atoms with E-state index in [1.807, 2.05) is 0 Å². The Morgan fingerprint density at radius 1 is 1.21 bits per heavy atom. The Morgan fingerprint density at radius 3 is 2.58 bits per heavy atom. The number of ether oxygens (including phenoxy) is 3. The molecule has 2 atom stereocenters. The van der Waals surface area contributed by atoms with Crippen LogP contribution in [0.1, 0.15) is 72.1 Å². The van der Waals surface area contributed by atoms with Crippen molar-refractivity contribution >= 4 is 5.91 Å². The summed E-state index contributed by atoms with van der Waals surface area (Å²) in [6.07, 6.45) is 8.47. The molecule has 1 saturated heterocycles. The van der Waals surface area contributed by atoms with Crippen molar-refractivity contribution in [3.05, 3.63) is 0 Å². The van der Waals surface area contributed by atoms with Crippen molar-refractivity contribution in [2.24, 2.45) is 5.92 Å². The molecule has 1 aliphatic heterocycles. The van der Waals surface area contributed by atoms with Gasteiger partial charge in [-0.2, -0.15) is 0 Å². The number of nitrogens with one attached hydrogen (secondary N) is 1. The van der Waals surface area contributed by atoms with Crippen molar-refractivity contribution in [1.82, 2.24) is 5.32 Å². The molecule has 1 N–H and O–H groups in total. The lowest BCUT2D eigenvalue weighted by atomic mass is 10.1. The molecule has 1 heterocycles. The van der Waals surface area contributed by atoms with Crippen LogP contribution in [-0.4, -0.2) is 43.7 Å². The van der Waals surface area contributed by atoms with Gasteiger partial charge in [0.15, 0.2) is 5.79 Å². The second-order valence-corrected chi connectivity index (χ2v) is 7.74. The maximum atomic E-state index is 11.9. The van der Waals surface area contributed by atoms with Gasteiger partial charge < -0.3 is 19.5 Å². The summed E-state index contributed by atoms with van der Waals surface area (Å²) < 4.78 is 17.8. The Morgan fingerprint density at radius 2 is 1.92 bits per heavy atom. The van der Waals surface area contributed by atoms with E-state index >= 15 is 0 Å². The molecule has 1 aliphatic carbocycles. The van der Waals surface area contributed by atoms with Crippen LogP contribution in [0.4, 0.5) is 0 Å². The Labute approximate surface area is 146 Å². The summed E-state index contributed by atoms with van der Waals surface area (Å²) in [4.78, 5) is 11.9. The van der Waals surface area contributed by atoms with Crippen molar-refractivity contribution in [1.29, 1.82) is 0 Å². The maximum absolute atomic E-state index is 11.9. The van der Waals surface area contributed by atoms with Gasteiger partial charge in [-0.3, -0.25) is 4.79 Å². The Bertz CT molecular complexity index is 378. The summed E-state index contributed by atoms with van der Waals surface area (Å²) >= 11 is 0. The molecule has 24 heavy (non-hydrogen) atoms. The first kappa shape index (κ1) is 19.7. The lowest BCUT2D eigenvalue weighted by Crippen LogP contribution is -2.36. The summed E-state index contributed by atoms with van der Waals surface area (Å²) in [5, 5.41) is 2.95. The lowest BCUT2D eigenvalue weighted by Gasteiger charge is -2.26. The zero-order chi connectivity index (χ0) is 17.4. The van der Waals surface area contributed by atoms with Crippen LogP contribution in [0, 0.1) is 5.92 Å². The smallest absolute Gasteiger partial charge is 0.222 e. The second kappa shape index (κ2) is 9.73. The summed E-state index contributed by atoms with van der Waals surface area (Å²) in [6.45, 7) is 8.01. The van der Waals surface area contributed by atoms with Gasteiger partial charge in [0, 0.05) is 25.8 Å². The average molecular weight is 341 g/mol. The third kappa shape index (κ3) is 6.69. The van der Waals surface area contributed by atoms with Gasteiger partial charge in [-0.15, -0.1) is 0 Å². The minimum atomic E-state index is -0.374. The fraction of sp³-hybridized carbons (Fsp3) is 0.947. The molecule has 2 rings (SSSR count). The summed E-state index contributed by atoms with van der Waals surface area (Å²) in [6, 6.07) is 0. The molecule has 0 radical (unpaired) electrons. The Kier molecular flexibility index (Phi) is 7.98. The normalized spacial score (nSPS) is 24.9. The molecule has 5 heteroatoms. The molecule has 1 saturated carbocycles. The first-order chi connectivity index (χ1) is 11.5. The number of hydrogen-bond donors (Lipinski definition) is 1. The van der Waals surface area contributed by atoms with E-state index in [-0.39, 0.29) is 23.9 Å². The first-order valence-electron chi connectivity index (χ1n) is 9.69. The van der Waals surface area contributed by atoms with E-state index in [2.05, 4.69) is 26.1 Å². The highest BCUT2D eigenvalue weighted by Gasteiger charge is 2.41. The summed E-state index contributed by atoms with van der Waals surface area (Å²) in [7, 11) is 0. The van der Waals surface area contributed by atoms with E-state index in [9.17, 15) is 4.79 Å². The molecule has 2 aliphatic rings. The van der Waals surface area contributed by atoms with Gasteiger partial charge in [0.25, 0.3) is 0 Å². The summed E-state index contributed by atoms with van der Waals surface area (Å²) in [5.74, 6) is 0.267. The fourth-order valence-corrected chi connectivity index (χ4v) is 3.65. The van der Waals surface area contributed by atoms with Gasteiger partial charge in [-0.25, -0.2) is 0 Å². The Balaban J connectivity index is 1.59. The molecule has 0 aromatic carbocycles. The largest absolute Gasteiger partial charge is 0.378 e. The molecular formula is C19H35NO4. The van der Waals surface area contributed by atoms with Crippen LogP contribution < -0.4 is 5.32 Å². The van der Waals surface area contributed by atoms with Crippen LogP contribution >= 0.6 is 0 Å². The molecule has 2 fully saturated rings. The van der Waals surface area contributed by atoms with Crippen molar-refractivity contribution in [2.45, 2.75) is 90.1 Å². The van der Waals surface area contributed by atoms with Crippen molar-refractivity contribution in [3.63, 3.8) is 0 Å². The summed E-state index contributed by atoms with van der Waals surface area (Å²) in [5.41, 5.74) is 0. The number of amides is 1. The quantitative estimate of drug-likeness (QED) is 0.735. The Hall–Kier alpha value is -0.650. The monoisotopic (exact) mass is 341 g/mol. The van der Waals surface area contributed by atoms with Gasteiger partial charge in [0.1, 0.15) is 6.10 Å². The van der Waals surface area contributed by atoms with Gasteiger partial charge in [0.05, 0.1) is 19.3 Å². The van der Waals surface area contributed by atoms with Gasteiger partial charge >= 0.3 is 0 Å². The minimum absolute atomic E-state index is 0.0205. The molecule has 0 bridgehead atoms. The standard InChI is InChI=1S/C19H35NO4/c1-15(2)12-16(3)22-11-8-18(21)20-13-17-14-23-19(24-17)9-6-4-5-7-10-19/h15-17H,4-14H2,1-3H3,(H,20,21)/t16-,17+/m1/s1. The highest BCUT2D eigenvalue weighted by atomic mass is 16.7. The highest BCUT2D eigenvalue weighted by molar-refractivity contribution is 5.75. The SMILES string of the molecule is CC(C)C[C@@H](C)OCCC(=O)NC[C@H]1COC2(CCCCCC2)O1. The average Bonchev–Trinajstić information content (AvgIpc) is 2.76. The van der Waals surface area contributed by atoms with Crippen LogP contribution in [0.15, 0.2) is 0 Å². The number of carbonyl (C=O) groups excluding carboxylic acids is 1. The van der Waals surface area contributed by atoms with Gasteiger partial charge in [0.2, 0.25) is 5.91 Å². The van der Waals surface area contributed by atoms with Crippen LogP contribution in [-0.2, 0) is 19.0 Å². The van der Waals surface area contributed by atoms with Crippen LogP contribution in [0.5, 0.6) is 0 Å². The van der Waals surface area contributed by atoms with Crippen LogP contribution in [0.2, 0.25) is 0 Å². The molecule has 0 unspecified atom stereocenters. The predicted octanol–water partition coefficient (Wildman–Crippen LogP) is 3.41. The highest BCUT2D eigenvalue weighted by Crippen LogP contribution is 2.36. The molecule has 1 amide bonds. The van der Waals surface area contributed by atoms with E-state index in [4.69, 9.17) is 14.2 Å². The van der Waals surface area contributed by atoms with E-state index in [1.54, 1.807) is 0 Å². The van der Waals surface area contributed by atoms with Crippen LogP contribution in [0.25, 0.3) is 0 Å². The fourth-order valence-electron chi connectivity index (χ4n) is 3.65. The van der Waals surface area contributed by atoms with Crippen molar-refractivity contribution in [2.75, 3.05) is 19.8 Å². The number of carbonyl (C=O) groups is 1. The molecule has 0 aromatic rings. The molecule has 140 valence electrons. The van der Waals surface area contributed by atoms with Crippen molar-refractivity contribution < 1.29 is 19.0 Å². The lowest BCUT2D eigenvalue weighted by molar-refractivity contribution is -0.175. The molecule has 0 aromatic heterocycles. The molecule has 1 spiro atoms. The van der Waals surface area contributed by atoms with Gasteiger partial charge in [-0.1, -0.05) is 26.7 Å². The third-order valence-electron chi connectivity index (χ3n) is 4.84. The van der Waals surface area contributed by atoms with Gasteiger partial charge in [-0.05, 0) is 32.1 Å². The van der Waals surface area contributed by atoms with E-state index in [0.29, 0.717) is 32.1 Å². The molecule has 5 nitrogen and oxygen atoms in total. The maximum Gasteiger partial charge on any atom is 0.222 e. The predicted molar refractivity (Wildman–Crippen MR) is 93.8 cm³/mol. The minimum Gasteiger partial charge on any atom is -0.378 e. The van der Waals surface area contributed by atoms with Crippen molar-refractivity contribution in [3.8, 4) is 0 Å². The van der Waals surface area contributed by atoms with E-state index in [0.717, 1.165) is 19.3 Å². The first-order valence-corrected chi connectivity index (χ1v) is 9.69. The zero-order valence-electron chi connectivity index (χ0n) is 15.6. The zero-order valence-corrected chi connectivity index (χ0v) is 15.6. The third-order valence-corrected chi connectivity index (χ3v) is 4.84. The van der Waals surface area contributed by atoms with E-state index < -0.39 is 0 Å². The molecular weight excluding hydrogens is 306 g/mol. The van der Waals surface area contributed by atoms with Crippen LogP contribution in [0.3, 0.4) is 0 Å². The number of hydrogen-bond acceptors (Lipinski definition) is 4. The van der Waals surface area contributed by atoms with E-state index in [1.165, 1.54) is 25.7 Å². The second-order valence-electron chi connectivity index (χ2n) is 7.74. The number of rotatable bonds is 8. The topological polar surface area (TPSA) is 56.8 Å².